The van der Waals surface area contributed by atoms with Crippen molar-refractivity contribution in [1.29, 1.82) is 0 Å². The predicted molar refractivity (Wildman–Crippen MR) is 66.9 cm³/mol. The van der Waals surface area contributed by atoms with Crippen LogP contribution in [-0.4, -0.2) is 10.9 Å². The van der Waals surface area contributed by atoms with Gasteiger partial charge in [-0.2, -0.15) is 0 Å². The van der Waals surface area contributed by atoms with E-state index in [1.807, 2.05) is 0 Å². The summed E-state index contributed by atoms with van der Waals surface area (Å²) < 4.78 is 12.7. The van der Waals surface area contributed by atoms with Gasteiger partial charge in [-0.3, -0.25) is 4.79 Å². The van der Waals surface area contributed by atoms with Crippen molar-refractivity contribution >= 4 is 21.8 Å². The maximum atomic E-state index is 11.9. The lowest BCUT2D eigenvalue weighted by molar-refractivity contribution is 0.0995. The summed E-state index contributed by atoms with van der Waals surface area (Å²) in [6.07, 6.45) is 1.53. The topological polar surface area (TPSA) is 56.0 Å². The van der Waals surface area contributed by atoms with Gasteiger partial charge in [-0.25, -0.2) is 9.37 Å². The number of nitrogens with two attached hydrogens (primary N) is 1. The molecule has 0 aliphatic carbocycles. The molecule has 1 heterocycles. The van der Waals surface area contributed by atoms with E-state index in [4.69, 9.17) is 5.73 Å². The Kier molecular flexibility index (Phi) is 5.29. The summed E-state index contributed by atoms with van der Waals surface area (Å²) in [5.41, 5.74) is 5.23. The van der Waals surface area contributed by atoms with E-state index >= 15 is 0 Å². The van der Waals surface area contributed by atoms with Gasteiger partial charge in [-0.15, -0.1) is 0 Å². The Labute approximate surface area is 107 Å². The lowest BCUT2D eigenvalue weighted by Gasteiger charge is -1.91. The number of pyridine rings is 1. The minimum Gasteiger partial charge on any atom is -0.364 e. The van der Waals surface area contributed by atoms with Crippen LogP contribution < -0.4 is 5.73 Å². The standard InChI is InChI=1S/C6H5BrN2O.C6H5F/c7-4-1-2-5(6(8)10)9-3-4;7-6-4-2-1-3-5-6/h1-3H,(H2,8,10);1-5H. The Bertz CT molecular complexity index is 474. The molecule has 0 aliphatic heterocycles. The predicted octanol–water partition coefficient (Wildman–Crippen LogP) is 2.77. The highest BCUT2D eigenvalue weighted by atomic mass is 79.9. The van der Waals surface area contributed by atoms with Crippen molar-refractivity contribution in [3.05, 3.63) is 64.6 Å². The summed E-state index contributed by atoms with van der Waals surface area (Å²) >= 11 is 3.18. The van der Waals surface area contributed by atoms with Crippen LogP contribution >= 0.6 is 15.9 Å². The first-order valence-electron chi connectivity index (χ1n) is 4.71. The molecule has 0 radical (unpaired) electrons. The highest BCUT2D eigenvalue weighted by Crippen LogP contribution is 2.06. The van der Waals surface area contributed by atoms with Gasteiger partial charge in [-0.05, 0) is 40.2 Å². The van der Waals surface area contributed by atoms with E-state index in [2.05, 4.69) is 20.9 Å². The van der Waals surface area contributed by atoms with Gasteiger partial charge in [0, 0.05) is 10.7 Å². The fraction of sp³-hybridized carbons (Fsp3) is 0. The molecule has 0 unspecified atom stereocenters. The van der Waals surface area contributed by atoms with Crippen LogP contribution in [0.15, 0.2) is 53.1 Å². The van der Waals surface area contributed by atoms with Crippen molar-refractivity contribution in [3.8, 4) is 0 Å². The van der Waals surface area contributed by atoms with Crippen LogP contribution in [-0.2, 0) is 0 Å². The van der Waals surface area contributed by atoms with Crippen molar-refractivity contribution in [2.75, 3.05) is 0 Å². The fourth-order valence-electron chi connectivity index (χ4n) is 0.936. The maximum absolute atomic E-state index is 11.9. The molecule has 1 aromatic heterocycles. The van der Waals surface area contributed by atoms with E-state index in [1.165, 1.54) is 18.3 Å². The van der Waals surface area contributed by atoms with Crippen LogP contribution in [0.5, 0.6) is 0 Å². The summed E-state index contributed by atoms with van der Waals surface area (Å²) in [4.78, 5) is 14.2. The molecule has 1 amide bonds. The van der Waals surface area contributed by atoms with E-state index in [9.17, 15) is 9.18 Å². The highest BCUT2D eigenvalue weighted by molar-refractivity contribution is 9.10. The second-order valence-electron chi connectivity index (χ2n) is 3.02. The molecule has 2 aromatic rings. The summed E-state index contributed by atoms with van der Waals surface area (Å²) in [5, 5.41) is 0. The largest absolute Gasteiger partial charge is 0.364 e. The Morgan fingerprint density at radius 3 is 2.18 bits per heavy atom. The molecular formula is C12H10BrFN2O. The second-order valence-corrected chi connectivity index (χ2v) is 3.94. The van der Waals surface area contributed by atoms with Gasteiger partial charge < -0.3 is 5.73 Å². The number of hydrogen-bond acceptors (Lipinski definition) is 2. The first-order chi connectivity index (χ1) is 8.09. The van der Waals surface area contributed by atoms with E-state index < -0.39 is 5.91 Å². The number of aromatic nitrogens is 1. The van der Waals surface area contributed by atoms with Crippen molar-refractivity contribution in [1.82, 2.24) is 4.98 Å². The van der Waals surface area contributed by atoms with Gasteiger partial charge >= 0.3 is 0 Å². The summed E-state index contributed by atoms with van der Waals surface area (Å²) in [5.74, 6) is -0.685. The molecule has 3 nitrogen and oxygen atoms in total. The number of rotatable bonds is 1. The Hall–Kier alpha value is -1.75. The van der Waals surface area contributed by atoms with Crippen LogP contribution in [0.25, 0.3) is 0 Å². The summed E-state index contributed by atoms with van der Waals surface area (Å²) in [7, 11) is 0. The number of benzene rings is 1. The van der Waals surface area contributed by atoms with Gasteiger partial charge in [0.25, 0.3) is 5.91 Å². The third kappa shape index (κ3) is 5.21. The number of hydrogen-bond donors (Lipinski definition) is 1. The quantitative estimate of drug-likeness (QED) is 0.880. The number of carbonyl (C=O) groups excluding carboxylic acids is 1. The average molecular weight is 297 g/mol. The van der Waals surface area contributed by atoms with Gasteiger partial charge in [-0.1, -0.05) is 18.2 Å². The molecule has 88 valence electrons. The minimum absolute atomic E-state index is 0.178. The van der Waals surface area contributed by atoms with Crippen molar-refractivity contribution in [3.63, 3.8) is 0 Å². The van der Waals surface area contributed by atoms with Crippen LogP contribution in [0.2, 0.25) is 0 Å². The van der Waals surface area contributed by atoms with Gasteiger partial charge in [0.05, 0.1) is 0 Å². The highest BCUT2D eigenvalue weighted by Gasteiger charge is 1.98. The van der Waals surface area contributed by atoms with Crippen LogP contribution in [0.1, 0.15) is 10.5 Å². The molecule has 17 heavy (non-hydrogen) atoms. The Balaban J connectivity index is 0.000000181. The number of nitrogens with zero attached hydrogens (tertiary/aromatic N) is 1. The second kappa shape index (κ2) is 6.75. The van der Waals surface area contributed by atoms with E-state index in [-0.39, 0.29) is 11.5 Å². The average Bonchev–Trinajstić information content (AvgIpc) is 2.31. The van der Waals surface area contributed by atoms with E-state index in [0.29, 0.717) is 0 Å². The molecule has 0 saturated heterocycles. The Morgan fingerprint density at radius 2 is 1.82 bits per heavy atom. The molecule has 0 aliphatic rings. The molecule has 0 atom stereocenters. The summed E-state index contributed by atoms with van der Waals surface area (Å²) in [6.45, 7) is 0. The van der Waals surface area contributed by atoms with E-state index in [1.54, 1.807) is 30.3 Å². The molecule has 0 saturated carbocycles. The zero-order chi connectivity index (χ0) is 12.7. The molecule has 0 spiro atoms. The third-order valence-corrected chi connectivity index (χ3v) is 2.18. The Morgan fingerprint density at radius 1 is 1.18 bits per heavy atom. The van der Waals surface area contributed by atoms with Crippen LogP contribution in [0, 0.1) is 5.82 Å². The summed E-state index contributed by atoms with van der Waals surface area (Å²) in [6, 6.07) is 11.2. The molecule has 0 fully saturated rings. The SMILES string of the molecule is Fc1ccccc1.NC(=O)c1ccc(Br)cn1. The minimum atomic E-state index is -0.507. The molecule has 1 aromatic carbocycles. The monoisotopic (exact) mass is 296 g/mol. The third-order valence-electron chi connectivity index (χ3n) is 1.71. The zero-order valence-electron chi connectivity index (χ0n) is 8.81. The fourth-order valence-corrected chi connectivity index (χ4v) is 1.17. The number of amides is 1. The molecule has 5 heteroatoms. The van der Waals surface area contributed by atoms with Gasteiger partial charge in [0.2, 0.25) is 0 Å². The number of primary amides is 1. The van der Waals surface area contributed by atoms with E-state index in [0.717, 1.165) is 4.47 Å². The smallest absolute Gasteiger partial charge is 0.267 e. The van der Waals surface area contributed by atoms with Gasteiger partial charge in [0.1, 0.15) is 11.5 Å². The van der Waals surface area contributed by atoms with Gasteiger partial charge in [0.15, 0.2) is 0 Å². The normalized spacial score (nSPS) is 9.06. The van der Waals surface area contributed by atoms with Crippen molar-refractivity contribution in [2.24, 2.45) is 5.73 Å². The lowest BCUT2D eigenvalue weighted by Crippen LogP contribution is -2.12. The number of halogens is 2. The van der Waals surface area contributed by atoms with Crippen LogP contribution in [0.3, 0.4) is 0 Å². The van der Waals surface area contributed by atoms with Crippen molar-refractivity contribution in [2.45, 2.75) is 0 Å². The first kappa shape index (κ1) is 13.3. The lowest BCUT2D eigenvalue weighted by atomic mass is 10.3. The molecular weight excluding hydrogens is 287 g/mol. The molecule has 2 rings (SSSR count). The van der Waals surface area contributed by atoms with Crippen LogP contribution in [0.4, 0.5) is 4.39 Å². The zero-order valence-corrected chi connectivity index (χ0v) is 10.4. The first-order valence-corrected chi connectivity index (χ1v) is 5.51. The molecule has 2 N–H and O–H groups in total. The maximum Gasteiger partial charge on any atom is 0.267 e. The van der Waals surface area contributed by atoms with Crippen molar-refractivity contribution < 1.29 is 9.18 Å². The number of carbonyl (C=O) groups is 1. The molecule has 0 bridgehead atoms.